The number of nitrogens with zero attached hydrogens (tertiary/aromatic N) is 1. The van der Waals surface area contributed by atoms with Crippen molar-refractivity contribution in [2.45, 2.75) is 39.2 Å². The van der Waals surface area contributed by atoms with Crippen molar-refractivity contribution in [3.8, 4) is 0 Å². The monoisotopic (exact) mass is 308 g/mol. The molecule has 0 bridgehead atoms. The van der Waals surface area contributed by atoms with E-state index in [0.717, 1.165) is 36.8 Å². The Morgan fingerprint density at radius 3 is 2.80 bits per heavy atom. The van der Waals surface area contributed by atoms with Crippen LogP contribution in [-0.4, -0.2) is 11.5 Å². The second kappa shape index (κ2) is 5.88. The lowest BCUT2D eigenvalue weighted by molar-refractivity contribution is 0.651. The number of hydrogen-bond acceptors (Lipinski definition) is 2. The summed E-state index contributed by atoms with van der Waals surface area (Å²) in [5.41, 5.74) is 4.83. The van der Waals surface area contributed by atoms with E-state index in [1.807, 2.05) is 6.07 Å². The Kier molecular flexibility index (Phi) is 4.16. The Morgan fingerprint density at radius 2 is 2.00 bits per heavy atom. The molecule has 0 amide bonds. The number of rotatable bonds is 3. The average molecular weight is 309 g/mol. The minimum absolute atomic E-state index is 0.579. The summed E-state index contributed by atoms with van der Waals surface area (Å²) in [7, 11) is 0. The second-order valence-electron chi connectivity index (χ2n) is 5.26. The van der Waals surface area contributed by atoms with Crippen LogP contribution in [0, 0.1) is 0 Å². The summed E-state index contributed by atoms with van der Waals surface area (Å²) < 4.78 is 0. The molecule has 0 saturated heterocycles. The van der Waals surface area contributed by atoms with Crippen LogP contribution in [0.4, 0.5) is 0 Å². The molecule has 0 spiro atoms. The molecule has 20 heavy (non-hydrogen) atoms. The summed E-state index contributed by atoms with van der Waals surface area (Å²) in [6.07, 6.45) is 4.64. The Bertz CT molecular complexity index is 653. The highest BCUT2D eigenvalue weighted by molar-refractivity contribution is 6.45. The number of halogens is 2. The zero-order valence-corrected chi connectivity index (χ0v) is 13.1. The third-order valence-electron chi connectivity index (χ3n) is 4.00. The van der Waals surface area contributed by atoms with E-state index < -0.39 is 0 Å². The third kappa shape index (κ3) is 2.41. The molecule has 1 aliphatic rings. The lowest BCUT2D eigenvalue weighted by Gasteiger charge is -2.21. The molecule has 1 heterocycles. The van der Waals surface area contributed by atoms with Gasteiger partial charge in [-0.2, -0.15) is 0 Å². The second-order valence-corrected chi connectivity index (χ2v) is 6.05. The molecule has 3 rings (SSSR count). The summed E-state index contributed by atoms with van der Waals surface area (Å²) in [5.74, 6) is 0. The number of aromatic nitrogens is 1. The van der Waals surface area contributed by atoms with Crippen molar-refractivity contribution in [1.82, 2.24) is 10.3 Å². The van der Waals surface area contributed by atoms with Crippen LogP contribution in [0.3, 0.4) is 0 Å². The van der Waals surface area contributed by atoms with E-state index >= 15 is 0 Å². The van der Waals surface area contributed by atoms with Crippen molar-refractivity contribution in [3.63, 3.8) is 0 Å². The molecule has 0 saturated carbocycles. The van der Waals surface area contributed by atoms with E-state index in [2.05, 4.69) is 18.3 Å². The first-order valence-corrected chi connectivity index (χ1v) is 7.97. The van der Waals surface area contributed by atoms with Crippen molar-refractivity contribution in [3.05, 3.63) is 39.0 Å². The smallest absolute Gasteiger partial charge is 0.0910 e. The number of pyridine rings is 1. The highest BCUT2D eigenvalue weighted by Crippen LogP contribution is 2.35. The summed E-state index contributed by atoms with van der Waals surface area (Å²) in [6, 6.07) is 3.93. The average Bonchev–Trinajstić information content (AvgIpc) is 2.48. The summed E-state index contributed by atoms with van der Waals surface area (Å²) in [5, 5.41) is 5.74. The number of aryl methyl sites for hydroxylation is 1. The van der Waals surface area contributed by atoms with Gasteiger partial charge in [0.2, 0.25) is 0 Å². The van der Waals surface area contributed by atoms with Gasteiger partial charge in [-0.1, -0.05) is 36.2 Å². The minimum Gasteiger partial charge on any atom is -0.313 e. The first-order valence-electron chi connectivity index (χ1n) is 7.21. The number of hydrogen-bond donors (Lipinski definition) is 1. The third-order valence-corrected chi connectivity index (χ3v) is 4.79. The zero-order valence-electron chi connectivity index (χ0n) is 11.6. The Morgan fingerprint density at radius 1 is 1.20 bits per heavy atom. The van der Waals surface area contributed by atoms with Gasteiger partial charge < -0.3 is 5.32 Å². The molecule has 0 unspecified atom stereocenters. The van der Waals surface area contributed by atoms with Gasteiger partial charge in [0.1, 0.15) is 0 Å². The molecule has 0 aliphatic heterocycles. The van der Waals surface area contributed by atoms with Gasteiger partial charge in [-0.15, -0.1) is 0 Å². The van der Waals surface area contributed by atoms with Crippen molar-refractivity contribution in [1.29, 1.82) is 0 Å². The molecule has 2 nitrogen and oxygen atoms in total. The topological polar surface area (TPSA) is 24.9 Å². The first-order chi connectivity index (χ1) is 9.72. The van der Waals surface area contributed by atoms with Crippen LogP contribution in [-0.2, 0) is 19.4 Å². The maximum absolute atomic E-state index is 6.36. The molecule has 1 aromatic heterocycles. The van der Waals surface area contributed by atoms with Gasteiger partial charge in [-0.05, 0) is 49.4 Å². The molecule has 0 radical (unpaired) electrons. The quantitative estimate of drug-likeness (QED) is 0.901. The van der Waals surface area contributed by atoms with Crippen molar-refractivity contribution in [2.75, 3.05) is 6.54 Å². The normalized spacial score (nSPS) is 14.6. The lowest BCUT2D eigenvalue weighted by Crippen LogP contribution is -2.17. The van der Waals surface area contributed by atoms with Crippen LogP contribution in [0.5, 0.6) is 0 Å². The van der Waals surface area contributed by atoms with E-state index in [0.29, 0.717) is 10.0 Å². The van der Waals surface area contributed by atoms with Crippen molar-refractivity contribution in [2.24, 2.45) is 0 Å². The standard InChI is InChI=1S/C16H18Cl2N2/c1-2-19-9-12-10-5-3-4-6-14(10)20-16-11(12)7-8-13(17)15(16)18/h7-8,19H,2-6,9H2,1H3. The van der Waals surface area contributed by atoms with Crippen LogP contribution in [0.15, 0.2) is 12.1 Å². The van der Waals surface area contributed by atoms with Gasteiger partial charge in [-0.25, -0.2) is 0 Å². The molecule has 106 valence electrons. The van der Waals surface area contributed by atoms with Crippen LogP contribution < -0.4 is 5.32 Å². The Balaban J connectivity index is 2.27. The molecule has 1 aliphatic carbocycles. The maximum atomic E-state index is 6.36. The van der Waals surface area contributed by atoms with Crippen LogP contribution >= 0.6 is 23.2 Å². The summed E-state index contributed by atoms with van der Waals surface area (Å²) in [6.45, 7) is 3.95. The van der Waals surface area contributed by atoms with Crippen LogP contribution in [0.1, 0.15) is 36.6 Å². The fourth-order valence-corrected chi connectivity index (χ4v) is 3.34. The van der Waals surface area contributed by atoms with Gasteiger partial charge in [0, 0.05) is 17.6 Å². The predicted octanol–water partition coefficient (Wildman–Crippen LogP) is 4.53. The fourth-order valence-electron chi connectivity index (χ4n) is 2.98. The number of fused-ring (bicyclic) bond motifs is 2. The van der Waals surface area contributed by atoms with Gasteiger partial charge in [0.15, 0.2) is 0 Å². The fraction of sp³-hybridized carbons (Fsp3) is 0.438. The lowest BCUT2D eigenvalue weighted by atomic mass is 9.90. The maximum Gasteiger partial charge on any atom is 0.0910 e. The molecular formula is C16H18Cl2N2. The van der Waals surface area contributed by atoms with Crippen LogP contribution in [0.25, 0.3) is 10.9 Å². The first kappa shape index (κ1) is 14.1. The van der Waals surface area contributed by atoms with Gasteiger partial charge >= 0.3 is 0 Å². The summed E-state index contributed by atoms with van der Waals surface area (Å²) >= 11 is 12.5. The molecule has 1 N–H and O–H groups in total. The van der Waals surface area contributed by atoms with E-state index in [1.54, 1.807) is 0 Å². The van der Waals surface area contributed by atoms with Gasteiger partial charge in [-0.3, -0.25) is 4.98 Å². The minimum atomic E-state index is 0.579. The van der Waals surface area contributed by atoms with E-state index in [9.17, 15) is 0 Å². The SMILES string of the molecule is CCNCc1c2c(nc3c(Cl)c(Cl)ccc13)CCCC2. The number of nitrogens with one attached hydrogen (secondary N) is 1. The largest absolute Gasteiger partial charge is 0.313 e. The Hall–Kier alpha value is -0.830. The predicted molar refractivity (Wildman–Crippen MR) is 85.8 cm³/mol. The highest BCUT2D eigenvalue weighted by atomic mass is 35.5. The molecule has 4 heteroatoms. The molecular weight excluding hydrogens is 291 g/mol. The molecule has 0 fully saturated rings. The van der Waals surface area contributed by atoms with E-state index in [1.165, 1.54) is 29.7 Å². The molecule has 2 aromatic rings. The van der Waals surface area contributed by atoms with Crippen LogP contribution in [0.2, 0.25) is 10.0 Å². The van der Waals surface area contributed by atoms with E-state index in [-0.39, 0.29) is 0 Å². The molecule has 1 aromatic carbocycles. The van der Waals surface area contributed by atoms with Gasteiger partial charge in [0.25, 0.3) is 0 Å². The van der Waals surface area contributed by atoms with Gasteiger partial charge in [0.05, 0.1) is 15.6 Å². The number of benzene rings is 1. The van der Waals surface area contributed by atoms with E-state index in [4.69, 9.17) is 28.2 Å². The van der Waals surface area contributed by atoms with Crippen molar-refractivity contribution >= 4 is 34.1 Å². The van der Waals surface area contributed by atoms with Crippen molar-refractivity contribution < 1.29 is 0 Å². The molecule has 0 atom stereocenters. The Labute approximate surface area is 129 Å². The zero-order chi connectivity index (χ0) is 14.1. The summed E-state index contributed by atoms with van der Waals surface area (Å²) in [4.78, 5) is 4.80. The highest BCUT2D eigenvalue weighted by Gasteiger charge is 2.19.